The maximum Gasteiger partial charge on any atom is 0.251 e. The number of aliphatic hydroxyl groups is 1. The van der Waals surface area contributed by atoms with E-state index in [0.29, 0.717) is 60.5 Å². The van der Waals surface area contributed by atoms with Crippen molar-refractivity contribution < 1.29 is 14.7 Å². The van der Waals surface area contributed by atoms with E-state index >= 15 is 0 Å². The third-order valence-corrected chi connectivity index (χ3v) is 17.2. The van der Waals surface area contributed by atoms with Gasteiger partial charge in [-0.05, 0) is 164 Å². The number of rotatable bonds is 9. The van der Waals surface area contributed by atoms with Gasteiger partial charge in [-0.3, -0.25) is 14.6 Å². The van der Waals surface area contributed by atoms with Gasteiger partial charge in [0.05, 0.1) is 23.8 Å². The van der Waals surface area contributed by atoms with Crippen LogP contribution in [0.25, 0.3) is 11.4 Å². The van der Waals surface area contributed by atoms with Crippen molar-refractivity contribution in [2.24, 2.45) is 56.7 Å². The predicted molar refractivity (Wildman–Crippen MR) is 217 cm³/mol. The van der Waals surface area contributed by atoms with E-state index in [2.05, 4.69) is 84.4 Å². The largest absolute Gasteiger partial charge is 0.393 e. The SMILES string of the molecule is C=C(C)[C@@H]1CC[C@]2(C(=O)NCCc3cccc(C(=O)NCc4ccc(-c5nn[nH]n5)cn4)c3)CC[C@]3(C)C(CCC4[C@@]5(C)CC[C@H](O)C(C)(C)C5CC[C@]43C)C12. The van der Waals surface area contributed by atoms with Crippen LogP contribution in [0.4, 0.5) is 0 Å². The van der Waals surface area contributed by atoms with E-state index in [1.54, 1.807) is 6.20 Å². The van der Waals surface area contributed by atoms with Gasteiger partial charge in [0.2, 0.25) is 11.7 Å². The molecule has 8 rings (SSSR count). The molecule has 5 aliphatic rings. The highest BCUT2D eigenvalue weighted by Gasteiger charge is 2.71. The summed E-state index contributed by atoms with van der Waals surface area (Å²) in [6.07, 6.45) is 13.0. The fourth-order valence-electron chi connectivity index (χ4n) is 14.1. The second kappa shape index (κ2) is 14.2. The molecule has 2 aromatic heterocycles. The van der Waals surface area contributed by atoms with Crippen LogP contribution in [-0.4, -0.2) is 55.2 Å². The fraction of sp³-hybridized carbons (Fsp3) is 0.652. The van der Waals surface area contributed by atoms with Gasteiger partial charge in [-0.25, -0.2) is 0 Å². The molecule has 0 radical (unpaired) electrons. The lowest BCUT2D eigenvalue weighted by Crippen LogP contribution is -2.67. The summed E-state index contributed by atoms with van der Waals surface area (Å²) in [6, 6.07) is 11.4. The normalized spacial score (nSPS) is 37.0. The topological polar surface area (TPSA) is 146 Å². The quantitative estimate of drug-likeness (QED) is 0.162. The summed E-state index contributed by atoms with van der Waals surface area (Å²) in [5.74, 6) is 2.88. The molecule has 2 heterocycles. The van der Waals surface area contributed by atoms with E-state index in [4.69, 9.17) is 0 Å². The van der Waals surface area contributed by atoms with Crippen LogP contribution >= 0.6 is 0 Å². The molecule has 0 aliphatic heterocycles. The Morgan fingerprint density at radius 2 is 1.73 bits per heavy atom. The molecule has 0 spiro atoms. The number of tetrazole rings is 1. The minimum atomic E-state index is -0.367. The Labute approximate surface area is 332 Å². The number of aliphatic hydroxyl groups excluding tert-OH is 1. The average Bonchev–Trinajstić information content (AvgIpc) is 3.86. The Morgan fingerprint density at radius 3 is 2.46 bits per heavy atom. The Kier molecular flexibility index (Phi) is 9.85. The highest BCUT2D eigenvalue weighted by Crippen LogP contribution is 2.77. The molecule has 10 nitrogen and oxygen atoms in total. The first-order valence-corrected chi connectivity index (χ1v) is 21.3. The second-order valence-corrected chi connectivity index (χ2v) is 19.9. The molecule has 0 bridgehead atoms. The first-order valence-electron chi connectivity index (χ1n) is 21.3. The van der Waals surface area contributed by atoms with Crippen molar-refractivity contribution in [2.75, 3.05) is 6.54 Å². The first kappa shape index (κ1) is 38.9. The maximum absolute atomic E-state index is 14.7. The van der Waals surface area contributed by atoms with Crippen molar-refractivity contribution in [3.8, 4) is 11.4 Å². The number of pyridine rings is 1. The Hall–Kier alpha value is -3.92. The van der Waals surface area contributed by atoms with Crippen LogP contribution < -0.4 is 10.6 Å². The third-order valence-electron chi connectivity index (χ3n) is 17.2. The molecule has 5 fully saturated rings. The molecular weight excluding hydrogens is 699 g/mol. The highest BCUT2D eigenvalue weighted by molar-refractivity contribution is 5.94. The van der Waals surface area contributed by atoms with Gasteiger partial charge in [-0.2, -0.15) is 5.21 Å². The average molecular weight is 762 g/mol. The number of H-pyrrole nitrogens is 1. The molecule has 5 saturated carbocycles. The number of hydrogen-bond donors (Lipinski definition) is 4. The summed E-state index contributed by atoms with van der Waals surface area (Å²) in [5.41, 5.74) is 4.50. The molecule has 10 atom stereocenters. The second-order valence-electron chi connectivity index (χ2n) is 19.9. The van der Waals surface area contributed by atoms with Crippen LogP contribution in [0.1, 0.15) is 127 Å². The monoisotopic (exact) mass is 761 g/mol. The lowest BCUT2D eigenvalue weighted by atomic mass is 9.32. The standard InChI is InChI=1S/C46H63N7O3/c1-28(2)33-15-21-46(23-22-44(6)34(38(33)46)13-14-36-43(5)19-17-37(54)42(3,4)35(43)16-20-45(36,44)7)41(56)47-24-18-29-9-8-10-30(25-29)40(55)49-27-32-12-11-31(26-48-32)39-50-52-53-51-39/h8-12,25-26,33-38,54H,1,13-24,27H2,2-7H3,(H,47,56)(H,49,55)(H,50,51,52,53)/t33-,34?,35?,36?,37-,38?,43-,44+,45+,46-/m0/s1. The van der Waals surface area contributed by atoms with E-state index in [1.165, 1.54) is 31.3 Å². The highest BCUT2D eigenvalue weighted by atomic mass is 16.3. The van der Waals surface area contributed by atoms with E-state index in [1.807, 2.05) is 36.4 Å². The predicted octanol–water partition coefficient (Wildman–Crippen LogP) is 7.87. The zero-order valence-corrected chi connectivity index (χ0v) is 34.5. The molecule has 5 aliphatic carbocycles. The molecule has 300 valence electrons. The van der Waals surface area contributed by atoms with Crippen LogP contribution in [0, 0.1) is 56.7 Å². The third kappa shape index (κ3) is 6.06. The van der Waals surface area contributed by atoms with Gasteiger partial charge in [0.1, 0.15) is 0 Å². The van der Waals surface area contributed by atoms with Gasteiger partial charge in [0, 0.05) is 23.9 Å². The van der Waals surface area contributed by atoms with Gasteiger partial charge in [-0.15, -0.1) is 10.2 Å². The molecular formula is C46H63N7O3. The number of benzene rings is 1. The van der Waals surface area contributed by atoms with Gasteiger partial charge in [0.25, 0.3) is 5.91 Å². The van der Waals surface area contributed by atoms with Gasteiger partial charge >= 0.3 is 0 Å². The summed E-state index contributed by atoms with van der Waals surface area (Å²) < 4.78 is 0. The number of carbonyl (C=O) groups is 2. The van der Waals surface area contributed by atoms with Gasteiger partial charge in [0.15, 0.2) is 0 Å². The number of amides is 2. The van der Waals surface area contributed by atoms with E-state index in [-0.39, 0.29) is 45.0 Å². The zero-order valence-electron chi connectivity index (χ0n) is 34.5. The molecule has 56 heavy (non-hydrogen) atoms. The van der Waals surface area contributed by atoms with Crippen LogP contribution in [0.5, 0.6) is 0 Å². The number of hydrogen-bond acceptors (Lipinski definition) is 7. The van der Waals surface area contributed by atoms with Crippen molar-refractivity contribution in [2.45, 2.75) is 125 Å². The van der Waals surface area contributed by atoms with Gasteiger partial charge < -0.3 is 15.7 Å². The number of fused-ring (bicyclic) bond motifs is 7. The van der Waals surface area contributed by atoms with Gasteiger partial charge in [-0.1, -0.05) is 58.9 Å². The minimum Gasteiger partial charge on any atom is -0.393 e. The Balaban J connectivity index is 0.935. The molecule has 2 amide bonds. The molecule has 1 aromatic carbocycles. The summed E-state index contributed by atoms with van der Waals surface area (Å²) >= 11 is 0. The number of carbonyl (C=O) groups excluding carboxylic acids is 2. The fourth-order valence-corrected chi connectivity index (χ4v) is 14.1. The summed E-state index contributed by atoms with van der Waals surface area (Å²) in [5, 5.41) is 31.5. The number of allylic oxidation sites excluding steroid dienone is 1. The molecule has 4 unspecified atom stereocenters. The van der Waals surface area contributed by atoms with Crippen molar-refractivity contribution in [1.29, 1.82) is 0 Å². The Morgan fingerprint density at radius 1 is 0.911 bits per heavy atom. The van der Waals surface area contributed by atoms with Crippen molar-refractivity contribution in [3.63, 3.8) is 0 Å². The molecule has 10 heteroatoms. The van der Waals surface area contributed by atoms with E-state index < -0.39 is 0 Å². The lowest BCUT2D eigenvalue weighted by molar-refractivity contribution is -0.246. The summed E-state index contributed by atoms with van der Waals surface area (Å²) in [6.45, 7) is 20.1. The van der Waals surface area contributed by atoms with Crippen molar-refractivity contribution >= 4 is 11.8 Å². The Bertz CT molecular complexity index is 1960. The number of nitrogens with one attached hydrogen (secondary N) is 3. The molecule has 4 N–H and O–H groups in total. The zero-order chi connectivity index (χ0) is 39.7. The lowest BCUT2D eigenvalue weighted by Gasteiger charge is -2.72. The number of aromatic amines is 1. The van der Waals surface area contributed by atoms with Crippen molar-refractivity contribution in [1.82, 2.24) is 36.2 Å². The van der Waals surface area contributed by atoms with E-state index in [0.717, 1.165) is 55.3 Å². The van der Waals surface area contributed by atoms with Crippen molar-refractivity contribution in [3.05, 3.63) is 71.6 Å². The van der Waals surface area contributed by atoms with Crippen LogP contribution in [-0.2, 0) is 17.8 Å². The number of aromatic nitrogens is 5. The smallest absolute Gasteiger partial charge is 0.251 e. The number of nitrogens with zero attached hydrogens (tertiary/aromatic N) is 4. The van der Waals surface area contributed by atoms with E-state index in [9.17, 15) is 14.7 Å². The van der Waals surface area contributed by atoms with Crippen LogP contribution in [0.2, 0.25) is 0 Å². The molecule has 3 aromatic rings. The minimum absolute atomic E-state index is 0.0556. The first-order chi connectivity index (χ1) is 26.6. The summed E-state index contributed by atoms with van der Waals surface area (Å²) in [4.78, 5) is 32.3. The maximum atomic E-state index is 14.7. The van der Waals surface area contributed by atoms with Crippen LogP contribution in [0.3, 0.4) is 0 Å². The molecule has 0 saturated heterocycles. The summed E-state index contributed by atoms with van der Waals surface area (Å²) in [7, 11) is 0. The van der Waals surface area contributed by atoms with Crippen LogP contribution in [0.15, 0.2) is 54.7 Å².